The van der Waals surface area contributed by atoms with E-state index in [1.54, 1.807) is 0 Å². The van der Waals surface area contributed by atoms with Crippen molar-refractivity contribution in [3.63, 3.8) is 0 Å². The monoisotopic (exact) mass is 235 g/mol. The second-order valence-electron chi connectivity index (χ2n) is 4.76. The molecule has 0 nitrogen and oxygen atoms in total. The van der Waals surface area contributed by atoms with Crippen LogP contribution in [0.25, 0.3) is 0 Å². The van der Waals surface area contributed by atoms with Crippen molar-refractivity contribution < 1.29 is 0 Å². The number of hydrogen-bond donors (Lipinski definition) is 0. The highest BCUT2D eigenvalue weighted by Gasteiger charge is 1.89. The van der Waals surface area contributed by atoms with Crippen molar-refractivity contribution in [3.8, 4) is 0 Å². The van der Waals surface area contributed by atoms with E-state index >= 15 is 0 Å². The van der Waals surface area contributed by atoms with Crippen molar-refractivity contribution in [2.75, 3.05) is 0 Å². The second-order valence-corrected chi connectivity index (χ2v) is 4.76. The minimum Gasteiger partial charge on any atom is -0.0845 e. The Kier molecular flexibility index (Phi) is 15.0. The predicted octanol–water partition coefficient (Wildman–Crippen LogP) is 6.24. The summed E-state index contributed by atoms with van der Waals surface area (Å²) in [5.74, 6) is 0. The van der Waals surface area contributed by atoms with Gasteiger partial charge in [-0.15, -0.1) is 0 Å². The fourth-order valence-electron chi connectivity index (χ4n) is 1.86. The molecule has 17 heavy (non-hydrogen) atoms. The summed E-state index contributed by atoms with van der Waals surface area (Å²) in [6.07, 6.45) is 23.4. The zero-order valence-electron chi connectivity index (χ0n) is 11.8. The van der Waals surface area contributed by atoms with Crippen LogP contribution < -0.4 is 0 Å². The summed E-state index contributed by atoms with van der Waals surface area (Å²) in [6, 6.07) is 0. The highest BCUT2D eigenvalue weighted by molar-refractivity contribution is 5.02. The molecule has 0 aliphatic carbocycles. The van der Waals surface area contributed by atoms with Gasteiger partial charge in [0.15, 0.2) is 0 Å². The maximum Gasteiger partial charge on any atom is -0.0348 e. The van der Waals surface area contributed by atoms with Crippen LogP contribution >= 0.6 is 0 Å². The molecule has 0 fully saturated rings. The third kappa shape index (κ3) is 15.5. The van der Waals surface area contributed by atoms with Crippen LogP contribution in [0.4, 0.5) is 0 Å². The summed E-state index contributed by atoms with van der Waals surface area (Å²) in [5, 5.41) is 0. The average Bonchev–Trinajstić information content (AvgIpc) is 2.35. The van der Waals surface area contributed by atoms with Gasteiger partial charge in [-0.2, -0.15) is 0 Å². The standard InChI is InChI=1S/C17H31/c1-3-5-7-9-11-13-15-17-16-14-12-10-8-6-4-2/h7,9,11,13H,1,3-6,8,10,12,14-17H2,2H3/b9-7+,13-11+. The summed E-state index contributed by atoms with van der Waals surface area (Å²) in [5.41, 5.74) is 0. The fourth-order valence-corrected chi connectivity index (χ4v) is 1.86. The summed E-state index contributed by atoms with van der Waals surface area (Å²) < 4.78 is 0. The average molecular weight is 235 g/mol. The van der Waals surface area contributed by atoms with Crippen molar-refractivity contribution >= 4 is 0 Å². The molecule has 0 rings (SSSR count). The van der Waals surface area contributed by atoms with Crippen LogP contribution in [0.2, 0.25) is 0 Å². The van der Waals surface area contributed by atoms with Crippen LogP contribution in [0, 0.1) is 6.92 Å². The zero-order valence-corrected chi connectivity index (χ0v) is 11.8. The zero-order chi connectivity index (χ0) is 12.6. The number of allylic oxidation sites excluding steroid dienone is 4. The lowest BCUT2D eigenvalue weighted by Gasteiger charge is -1.99. The molecule has 0 unspecified atom stereocenters. The van der Waals surface area contributed by atoms with E-state index in [1.807, 2.05) is 0 Å². The van der Waals surface area contributed by atoms with Crippen molar-refractivity contribution in [2.24, 2.45) is 0 Å². The Bertz CT molecular complexity index is 176. The Labute approximate surface area is 109 Å². The second kappa shape index (κ2) is 15.5. The molecule has 0 heterocycles. The van der Waals surface area contributed by atoms with E-state index in [0.717, 1.165) is 12.8 Å². The molecule has 0 aliphatic heterocycles. The van der Waals surface area contributed by atoms with E-state index < -0.39 is 0 Å². The molecule has 0 amide bonds. The van der Waals surface area contributed by atoms with Gasteiger partial charge in [0.25, 0.3) is 0 Å². The van der Waals surface area contributed by atoms with E-state index in [4.69, 9.17) is 0 Å². The summed E-state index contributed by atoms with van der Waals surface area (Å²) in [6.45, 7) is 6.08. The Balaban J connectivity index is 3.07. The van der Waals surface area contributed by atoms with Gasteiger partial charge in [0, 0.05) is 0 Å². The molecule has 0 aromatic heterocycles. The molecule has 0 N–H and O–H groups in total. The van der Waals surface area contributed by atoms with Gasteiger partial charge in [-0.1, -0.05) is 83.1 Å². The Hall–Kier alpha value is -0.520. The van der Waals surface area contributed by atoms with Crippen LogP contribution in [0.3, 0.4) is 0 Å². The number of hydrogen-bond acceptors (Lipinski definition) is 0. The first-order valence-electron chi connectivity index (χ1n) is 7.52. The fraction of sp³-hybridized carbons (Fsp3) is 0.706. The van der Waals surface area contributed by atoms with Crippen molar-refractivity contribution in [3.05, 3.63) is 31.2 Å². The van der Waals surface area contributed by atoms with Gasteiger partial charge in [-0.05, 0) is 25.7 Å². The summed E-state index contributed by atoms with van der Waals surface area (Å²) >= 11 is 0. The molecule has 0 atom stereocenters. The van der Waals surface area contributed by atoms with Crippen LogP contribution in [-0.2, 0) is 0 Å². The van der Waals surface area contributed by atoms with Gasteiger partial charge < -0.3 is 0 Å². The highest BCUT2D eigenvalue weighted by atomic mass is 14.0. The maximum absolute atomic E-state index is 3.80. The summed E-state index contributed by atoms with van der Waals surface area (Å²) in [7, 11) is 0. The third-order valence-corrected chi connectivity index (χ3v) is 2.98. The molecule has 1 radical (unpaired) electrons. The molecule has 0 spiro atoms. The van der Waals surface area contributed by atoms with Crippen LogP contribution in [0.15, 0.2) is 24.3 Å². The van der Waals surface area contributed by atoms with Crippen LogP contribution in [-0.4, -0.2) is 0 Å². The van der Waals surface area contributed by atoms with Crippen molar-refractivity contribution in [1.29, 1.82) is 0 Å². The molecule has 99 valence electrons. The third-order valence-electron chi connectivity index (χ3n) is 2.98. The Morgan fingerprint density at radius 3 is 1.82 bits per heavy atom. The SMILES string of the molecule is [CH2]CC/C=C/C=C/CCCCCCCCCC. The topological polar surface area (TPSA) is 0 Å². The summed E-state index contributed by atoms with van der Waals surface area (Å²) in [4.78, 5) is 0. The van der Waals surface area contributed by atoms with E-state index in [-0.39, 0.29) is 0 Å². The largest absolute Gasteiger partial charge is 0.0845 e. The quantitative estimate of drug-likeness (QED) is 0.277. The molecule has 0 saturated carbocycles. The van der Waals surface area contributed by atoms with Gasteiger partial charge in [-0.25, -0.2) is 0 Å². The first-order chi connectivity index (χ1) is 8.41. The lowest BCUT2D eigenvalue weighted by Crippen LogP contribution is -1.79. The van der Waals surface area contributed by atoms with Crippen LogP contribution in [0.1, 0.15) is 77.6 Å². The van der Waals surface area contributed by atoms with E-state index in [1.165, 1.54) is 57.8 Å². The number of unbranched alkanes of at least 4 members (excludes halogenated alkanes) is 9. The van der Waals surface area contributed by atoms with Gasteiger partial charge in [0.1, 0.15) is 0 Å². The molecular weight excluding hydrogens is 204 g/mol. The van der Waals surface area contributed by atoms with Gasteiger partial charge in [0.05, 0.1) is 0 Å². The highest BCUT2D eigenvalue weighted by Crippen LogP contribution is 2.09. The molecule has 0 aliphatic rings. The number of rotatable bonds is 12. The molecule has 0 heteroatoms. The lowest BCUT2D eigenvalue weighted by molar-refractivity contribution is 0.577. The van der Waals surface area contributed by atoms with Gasteiger partial charge in [-0.3, -0.25) is 0 Å². The maximum atomic E-state index is 3.80. The van der Waals surface area contributed by atoms with Crippen molar-refractivity contribution in [2.45, 2.75) is 77.6 Å². The first-order valence-corrected chi connectivity index (χ1v) is 7.52. The molecule has 0 aromatic rings. The van der Waals surface area contributed by atoms with E-state index in [2.05, 4.69) is 38.2 Å². The van der Waals surface area contributed by atoms with Gasteiger partial charge >= 0.3 is 0 Å². The van der Waals surface area contributed by atoms with E-state index in [9.17, 15) is 0 Å². The minimum absolute atomic E-state index is 1.00. The molecular formula is C17H31. The first kappa shape index (κ1) is 16.5. The molecule has 0 aromatic carbocycles. The van der Waals surface area contributed by atoms with Crippen LogP contribution in [0.5, 0.6) is 0 Å². The predicted molar refractivity (Wildman–Crippen MR) is 80.1 cm³/mol. The normalized spacial score (nSPS) is 11.9. The van der Waals surface area contributed by atoms with Crippen molar-refractivity contribution in [1.82, 2.24) is 0 Å². The smallest absolute Gasteiger partial charge is 0.0348 e. The molecule has 0 saturated heterocycles. The lowest BCUT2D eigenvalue weighted by atomic mass is 10.1. The van der Waals surface area contributed by atoms with Gasteiger partial charge in [0.2, 0.25) is 0 Å². The Morgan fingerprint density at radius 2 is 1.24 bits per heavy atom. The Morgan fingerprint density at radius 1 is 0.706 bits per heavy atom. The van der Waals surface area contributed by atoms with E-state index in [0.29, 0.717) is 0 Å². The molecule has 0 bridgehead atoms. The minimum atomic E-state index is 1.00.